The van der Waals surface area contributed by atoms with Crippen LogP contribution in [0.15, 0.2) is 12.4 Å². The summed E-state index contributed by atoms with van der Waals surface area (Å²) < 4.78 is 5.03. The Bertz CT molecular complexity index is 424. The van der Waals surface area contributed by atoms with Crippen molar-refractivity contribution >= 4 is 11.8 Å². The van der Waals surface area contributed by atoms with E-state index >= 15 is 0 Å². The molecule has 2 N–H and O–H groups in total. The van der Waals surface area contributed by atoms with Crippen LogP contribution in [0.5, 0.6) is 5.88 Å². The highest BCUT2D eigenvalue weighted by molar-refractivity contribution is 5.66. The van der Waals surface area contributed by atoms with Crippen molar-refractivity contribution in [2.45, 2.75) is 33.1 Å². The van der Waals surface area contributed by atoms with Gasteiger partial charge in [-0.05, 0) is 24.7 Å². The second-order valence-electron chi connectivity index (χ2n) is 5.10. The maximum Gasteiger partial charge on any atom is 0.303 e. The molecule has 1 atom stereocenters. The fourth-order valence-electron chi connectivity index (χ4n) is 2.05. The lowest BCUT2D eigenvalue weighted by molar-refractivity contribution is -0.137. The van der Waals surface area contributed by atoms with Gasteiger partial charge in [-0.3, -0.25) is 4.79 Å². The molecular weight excluding hydrogens is 258 g/mol. The van der Waals surface area contributed by atoms with Crippen LogP contribution in [-0.2, 0) is 4.79 Å². The number of aliphatic carboxylic acids is 1. The van der Waals surface area contributed by atoms with Crippen LogP contribution < -0.4 is 10.1 Å². The number of ether oxygens (including phenoxy) is 1. The Morgan fingerprint density at radius 3 is 2.75 bits per heavy atom. The molecule has 0 saturated heterocycles. The summed E-state index contributed by atoms with van der Waals surface area (Å²) in [5.41, 5.74) is 0. The molecule has 1 unspecified atom stereocenters. The third kappa shape index (κ3) is 5.86. The quantitative estimate of drug-likeness (QED) is 0.723. The second kappa shape index (κ2) is 8.35. The Kier molecular flexibility index (Phi) is 6.76. The molecular formula is C14H23N3O3. The van der Waals surface area contributed by atoms with Gasteiger partial charge in [-0.1, -0.05) is 13.8 Å². The van der Waals surface area contributed by atoms with E-state index in [-0.39, 0.29) is 6.42 Å². The number of carboxylic acids is 1. The molecule has 20 heavy (non-hydrogen) atoms. The maximum atomic E-state index is 10.6. The normalized spacial score (nSPS) is 12.2. The van der Waals surface area contributed by atoms with Gasteiger partial charge < -0.3 is 15.2 Å². The number of nitrogens with one attached hydrogen (secondary N) is 1. The lowest BCUT2D eigenvalue weighted by atomic mass is 9.88. The van der Waals surface area contributed by atoms with Gasteiger partial charge in [0.2, 0.25) is 5.88 Å². The number of aromatic nitrogens is 2. The molecule has 1 rings (SSSR count). The molecule has 6 heteroatoms. The molecule has 0 amide bonds. The second-order valence-corrected chi connectivity index (χ2v) is 5.10. The standard InChI is InChI=1S/C14H23N3O3/c1-10(2)11(4-5-14(18)19)6-7-15-12-8-13(20-3)17-9-16-12/h8-11H,4-7H2,1-3H3,(H,18,19)(H,15,16,17). The monoisotopic (exact) mass is 281 g/mol. The minimum absolute atomic E-state index is 0.226. The van der Waals surface area contributed by atoms with Gasteiger partial charge in [0.25, 0.3) is 0 Å². The van der Waals surface area contributed by atoms with Crippen LogP contribution in [0.25, 0.3) is 0 Å². The molecule has 0 aromatic carbocycles. The first-order valence-corrected chi connectivity index (χ1v) is 6.84. The van der Waals surface area contributed by atoms with Gasteiger partial charge in [-0.2, -0.15) is 0 Å². The van der Waals surface area contributed by atoms with E-state index in [9.17, 15) is 4.79 Å². The van der Waals surface area contributed by atoms with Crippen LogP contribution in [0.1, 0.15) is 33.1 Å². The average molecular weight is 281 g/mol. The maximum absolute atomic E-state index is 10.6. The summed E-state index contributed by atoms with van der Waals surface area (Å²) in [6, 6.07) is 1.74. The molecule has 0 aliphatic rings. The molecule has 0 aliphatic carbocycles. The van der Waals surface area contributed by atoms with Crippen molar-refractivity contribution in [1.29, 1.82) is 0 Å². The van der Waals surface area contributed by atoms with Crippen molar-refractivity contribution in [3.8, 4) is 5.88 Å². The average Bonchev–Trinajstić information content (AvgIpc) is 2.42. The predicted octanol–water partition coefficient (Wildman–Crippen LogP) is 2.42. The zero-order valence-corrected chi connectivity index (χ0v) is 12.3. The van der Waals surface area contributed by atoms with Gasteiger partial charge in [-0.25, -0.2) is 9.97 Å². The molecule has 0 fully saturated rings. The molecule has 0 aliphatic heterocycles. The van der Waals surface area contributed by atoms with Gasteiger partial charge in [0.15, 0.2) is 0 Å². The minimum Gasteiger partial charge on any atom is -0.481 e. The summed E-state index contributed by atoms with van der Waals surface area (Å²) in [6.45, 7) is 5.00. The summed E-state index contributed by atoms with van der Waals surface area (Å²) in [6.07, 6.45) is 3.30. The van der Waals surface area contributed by atoms with E-state index in [1.165, 1.54) is 6.33 Å². The number of hydrogen-bond donors (Lipinski definition) is 2. The van der Waals surface area contributed by atoms with Gasteiger partial charge in [0, 0.05) is 19.0 Å². The number of carbonyl (C=O) groups is 1. The topological polar surface area (TPSA) is 84.3 Å². The SMILES string of the molecule is COc1cc(NCCC(CCC(=O)O)C(C)C)ncn1. The highest BCUT2D eigenvalue weighted by Gasteiger charge is 2.14. The van der Waals surface area contributed by atoms with E-state index < -0.39 is 5.97 Å². The number of carboxylic acid groups (broad SMARTS) is 1. The minimum atomic E-state index is -0.732. The van der Waals surface area contributed by atoms with E-state index in [0.29, 0.717) is 24.1 Å². The molecule has 1 aromatic rings. The van der Waals surface area contributed by atoms with Gasteiger partial charge in [-0.15, -0.1) is 0 Å². The lowest BCUT2D eigenvalue weighted by Crippen LogP contribution is -2.16. The van der Waals surface area contributed by atoms with E-state index in [1.807, 2.05) is 0 Å². The van der Waals surface area contributed by atoms with Crippen LogP contribution in [0, 0.1) is 11.8 Å². The summed E-state index contributed by atoms with van der Waals surface area (Å²) in [4.78, 5) is 18.7. The molecule has 112 valence electrons. The smallest absolute Gasteiger partial charge is 0.303 e. The van der Waals surface area contributed by atoms with Crippen LogP contribution in [0.4, 0.5) is 5.82 Å². The van der Waals surface area contributed by atoms with Crippen molar-refractivity contribution in [1.82, 2.24) is 9.97 Å². The highest BCUT2D eigenvalue weighted by Crippen LogP contribution is 2.21. The summed E-state index contributed by atoms with van der Waals surface area (Å²) in [5.74, 6) is 1.37. The Labute approximate surface area is 119 Å². The van der Waals surface area contributed by atoms with Crippen molar-refractivity contribution in [3.05, 3.63) is 12.4 Å². The largest absolute Gasteiger partial charge is 0.481 e. The lowest BCUT2D eigenvalue weighted by Gasteiger charge is -2.20. The number of nitrogens with zero attached hydrogens (tertiary/aromatic N) is 2. The Balaban J connectivity index is 2.41. The third-order valence-electron chi connectivity index (χ3n) is 3.34. The van der Waals surface area contributed by atoms with Crippen molar-refractivity contribution in [2.24, 2.45) is 11.8 Å². The fourth-order valence-corrected chi connectivity index (χ4v) is 2.05. The number of hydrogen-bond acceptors (Lipinski definition) is 5. The number of rotatable bonds is 9. The van der Waals surface area contributed by atoms with Crippen LogP contribution in [0.2, 0.25) is 0 Å². The highest BCUT2D eigenvalue weighted by atomic mass is 16.5. The van der Waals surface area contributed by atoms with E-state index in [4.69, 9.17) is 9.84 Å². The fraction of sp³-hybridized carbons (Fsp3) is 0.643. The number of anilines is 1. The van der Waals surface area contributed by atoms with Crippen molar-refractivity contribution < 1.29 is 14.6 Å². The first kappa shape index (κ1) is 16.2. The third-order valence-corrected chi connectivity index (χ3v) is 3.34. The van der Waals surface area contributed by atoms with Gasteiger partial charge >= 0.3 is 5.97 Å². The Hall–Kier alpha value is -1.85. The van der Waals surface area contributed by atoms with Crippen LogP contribution in [0.3, 0.4) is 0 Å². The molecule has 6 nitrogen and oxygen atoms in total. The first-order chi connectivity index (χ1) is 9.52. The molecule has 0 radical (unpaired) electrons. The number of methoxy groups -OCH3 is 1. The zero-order valence-electron chi connectivity index (χ0n) is 12.3. The molecule has 1 aromatic heterocycles. The van der Waals surface area contributed by atoms with Crippen molar-refractivity contribution in [3.63, 3.8) is 0 Å². The summed E-state index contributed by atoms with van der Waals surface area (Å²) >= 11 is 0. The van der Waals surface area contributed by atoms with E-state index in [2.05, 4.69) is 29.1 Å². The van der Waals surface area contributed by atoms with Crippen molar-refractivity contribution in [2.75, 3.05) is 19.0 Å². The molecule has 0 saturated carbocycles. The molecule has 1 heterocycles. The van der Waals surface area contributed by atoms with E-state index in [0.717, 1.165) is 18.8 Å². The van der Waals surface area contributed by atoms with Gasteiger partial charge in [0.05, 0.1) is 7.11 Å². The first-order valence-electron chi connectivity index (χ1n) is 6.84. The summed E-state index contributed by atoms with van der Waals surface area (Å²) in [7, 11) is 1.56. The van der Waals surface area contributed by atoms with Crippen LogP contribution in [-0.4, -0.2) is 34.7 Å². The molecule has 0 bridgehead atoms. The zero-order chi connectivity index (χ0) is 15.0. The Morgan fingerprint density at radius 1 is 1.40 bits per heavy atom. The molecule has 0 spiro atoms. The Morgan fingerprint density at radius 2 is 2.15 bits per heavy atom. The van der Waals surface area contributed by atoms with Crippen LogP contribution >= 0.6 is 0 Å². The predicted molar refractivity (Wildman–Crippen MR) is 76.9 cm³/mol. The van der Waals surface area contributed by atoms with E-state index in [1.54, 1.807) is 13.2 Å². The van der Waals surface area contributed by atoms with Gasteiger partial charge in [0.1, 0.15) is 12.1 Å². The summed E-state index contributed by atoms with van der Waals surface area (Å²) in [5, 5.41) is 12.0.